The molecule has 0 aliphatic carbocycles. The molecule has 8 N–H and O–H groups in total. The molecule has 0 spiro atoms. The molecule has 0 unspecified atom stereocenters. The predicted octanol–water partition coefficient (Wildman–Crippen LogP) is 8.81. The fourth-order valence-corrected chi connectivity index (χ4v) is 4.63. The van der Waals surface area contributed by atoms with E-state index < -0.39 is 0 Å². The number of hydrogen-bond donors (Lipinski definition) is 4. The molecule has 0 aliphatic rings. The van der Waals surface area contributed by atoms with Crippen LogP contribution in [0, 0.1) is 0 Å². The summed E-state index contributed by atoms with van der Waals surface area (Å²) in [6.45, 7) is 5.73. The van der Waals surface area contributed by atoms with Gasteiger partial charge in [0.05, 0.1) is 0 Å². The third-order valence-electron chi connectivity index (χ3n) is 7.22. The van der Waals surface area contributed by atoms with Crippen molar-refractivity contribution in [2.75, 3.05) is 13.1 Å². The number of nitrogens with two attached hydrogens (primary N) is 4. The standard InChI is InChI=1S/2C16H33NO.C2H8N2/c2*1-2-3-4-5-6-7-8-9-10-11-12-13-14-15-16(17)18;3-1-2-4/h2*2-15H2,1H3,(H2,17,18);1-4H2. The monoisotopic (exact) mass is 571 g/mol. The minimum Gasteiger partial charge on any atom is -0.370 e. The van der Waals surface area contributed by atoms with E-state index in [0.717, 1.165) is 12.8 Å². The van der Waals surface area contributed by atoms with Crippen molar-refractivity contribution in [3.05, 3.63) is 0 Å². The van der Waals surface area contributed by atoms with E-state index >= 15 is 0 Å². The van der Waals surface area contributed by atoms with E-state index in [1.807, 2.05) is 0 Å². The number of carbonyl (C=O) groups is 2. The van der Waals surface area contributed by atoms with E-state index in [2.05, 4.69) is 13.8 Å². The maximum absolute atomic E-state index is 10.5. The molecule has 0 atom stereocenters. The van der Waals surface area contributed by atoms with E-state index in [0.29, 0.717) is 25.9 Å². The van der Waals surface area contributed by atoms with Gasteiger partial charge in [-0.15, -0.1) is 0 Å². The zero-order chi connectivity index (χ0) is 30.4. The molecule has 0 radical (unpaired) electrons. The van der Waals surface area contributed by atoms with Crippen molar-refractivity contribution in [2.45, 2.75) is 194 Å². The fraction of sp³-hybridized carbons (Fsp3) is 0.941. The van der Waals surface area contributed by atoms with Gasteiger partial charge in [-0.25, -0.2) is 0 Å². The van der Waals surface area contributed by atoms with Gasteiger partial charge in [0.2, 0.25) is 11.8 Å². The van der Waals surface area contributed by atoms with E-state index in [1.54, 1.807) is 0 Å². The van der Waals surface area contributed by atoms with Crippen LogP contribution in [0.2, 0.25) is 0 Å². The Balaban J connectivity index is -0.000000603. The molecule has 0 aromatic heterocycles. The minimum atomic E-state index is -0.155. The second-order valence-electron chi connectivity index (χ2n) is 11.5. The second kappa shape index (κ2) is 42.3. The van der Waals surface area contributed by atoms with Gasteiger partial charge in [-0.2, -0.15) is 0 Å². The second-order valence-corrected chi connectivity index (χ2v) is 11.5. The van der Waals surface area contributed by atoms with Gasteiger partial charge in [-0.3, -0.25) is 9.59 Å². The molecule has 0 aromatic carbocycles. The Morgan fingerprint density at radius 2 is 0.525 bits per heavy atom. The van der Waals surface area contributed by atoms with Crippen LogP contribution in [-0.2, 0) is 9.59 Å². The molecule has 6 nitrogen and oxygen atoms in total. The van der Waals surface area contributed by atoms with Crippen LogP contribution in [0.25, 0.3) is 0 Å². The van der Waals surface area contributed by atoms with Crippen LogP contribution < -0.4 is 22.9 Å². The summed E-state index contributed by atoms with van der Waals surface area (Å²) in [7, 11) is 0. The first-order valence-corrected chi connectivity index (χ1v) is 17.4. The Labute approximate surface area is 250 Å². The number of rotatable bonds is 29. The molecule has 0 rings (SSSR count). The summed E-state index contributed by atoms with van der Waals surface area (Å²) in [4.78, 5) is 21.0. The molecular weight excluding hydrogens is 496 g/mol. The molecule has 40 heavy (non-hydrogen) atoms. The van der Waals surface area contributed by atoms with Crippen molar-refractivity contribution < 1.29 is 9.59 Å². The van der Waals surface area contributed by atoms with Crippen molar-refractivity contribution >= 4 is 11.8 Å². The summed E-state index contributed by atoms with van der Waals surface area (Å²) in [6, 6.07) is 0. The van der Waals surface area contributed by atoms with Crippen LogP contribution in [0.1, 0.15) is 194 Å². The third kappa shape index (κ3) is 53.2. The first-order chi connectivity index (χ1) is 19.5. The van der Waals surface area contributed by atoms with Crippen LogP contribution in [0.15, 0.2) is 0 Å². The maximum Gasteiger partial charge on any atom is 0.217 e. The summed E-state index contributed by atoms with van der Waals surface area (Å²) >= 11 is 0. The number of unbranched alkanes of at least 4 members (excludes halogenated alkanes) is 24. The highest BCUT2D eigenvalue weighted by Crippen LogP contribution is 2.14. The van der Waals surface area contributed by atoms with Crippen molar-refractivity contribution in [3.8, 4) is 0 Å². The lowest BCUT2D eigenvalue weighted by Crippen LogP contribution is -2.11. The molecule has 0 aromatic rings. The Morgan fingerprint density at radius 1 is 0.350 bits per heavy atom. The van der Waals surface area contributed by atoms with Crippen LogP contribution in [0.3, 0.4) is 0 Å². The molecule has 0 fully saturated rings. The van der Waals surface area contributed by atoms with Gasteiger partial charge >= 0.3 is 0 Å². The van der Waals surface area contributed by atoms with Crippen molar-refractivity contribution in [2.24, 2.45) is 22.9 Å². The molecule has 0 saturated carbocycles. The molecule has 6 heteroatoms. The molecule has 0 aliphatic heterocycles. The zero-order valence-electron chi connectivity index (χ0n) is 27.3. The van der Waals surface area contributed by atoms with Crippen LogP contribution in [-0.4, -0.2) is 24.9 Å². The Morgan fingerprint density at radius 3 is 0.675 bits per heavy atom. The topological polar surface area (TPSA) is 138 Å². The van der Waals surface area contributed by atoms with E-state index in [9.17, 15) is 9.59 Å². The summed E-state index contributed by atoms with van der Waals surface area (Å²) in [5.41, 5.74) is 20.0. The summed E-state index contributed by atoms with van der Waals surface area (Å²) in [5.74, 6) is -0.309. The number of carbonyl (C=O) groups excluding carboxylic acids is 2. The van der Waals surface area contributed by atoms with Crippen LogP contribution >= 0.6 is 0 Å². The van der Waals surface area contributed by atoms with Crippen LogP contribution in [0.4, 0.5) is 0 Å². The zero-order valence-corrected chi connectivity index (χ0v) is 27.3. The highest BCUT2D eigenvalue weighted by Gasteiger charge is 1.97. The Bertz CT molecular complexity index is 433. The number of amides is 2. The highest BCUT2D eigenvalue weighted by atomic mass is 16.1. The van der Waals surface area contributed by atoms with E-state index in [-0.39, 0.29) is 11.8 Å². The maximum atomic E-state index is 10.5. The van der Waals surface area contributed by atoms with Gasteiger partial charge in [-0.1, -0.05) is 168 Å². The molecule has 0 saturated heterocycles. The molecule has 2 amide bonds. The highest BCUT2D eigenvalue weighted by molar-refractivity contribution is 5.73. The Kier molecular flexibility index (Phi) is 45.8. The van der Waals surface area contributed by atoms with Crippen LogP contribution in [0.5, 0.6) is 0 Å². The van der Waals surface area contributed by atoms with Gasteiger partial charge < -0.3 is 22.9 Å². The van der Waals surface area contributed by atoms with Gasteiger partial charge in [0.25, 0.3) is 0 Å². The average molecular weight is 571 g/mol. The minimum absolute atomic E-state index is 0.155. The number of primary amides is 2. The molecular formula is C34H74N4O2. The third-order valence-corrected chi connectivity index (χ3v) is 7.22. The first kappa shape index (κ1) is 43.3. The van der Waals surface area contributed by atoms with E-state index in [4.69, 9.17) is 22.9 Å². The summed E-state index contributed by atoms with van der Waals surface area (Å²) in [5, 5.41) is 0. The normalized spacial score (nSPS) is 10.4. The fourth-order valence-electron chi connectivity index (χ4n) is 4.63. The first-order valence-electron chi connectivity index (χ1n) is 17.4. The van der Waals surface area contributed by atoms with E-state index in [1.165, 1.54) is 154 Å². The van der Waals surface area contributed by atoms with Crippen molar-refractivity contribution in [1.82, 2.24) is 0 Å². The van der Waals surface area contributed by atoms with Crippen molar-refractivity contribution in [1.29, 1.82) is 0 Å². The quantitative estimate of drug-likeness (QED) is 0.0667. The van der Waals surface area contributed by atoms with Gasteiger partial charge in [0, 0.05) is 25.9 Å². The summed E-state index contributed by atoms with van der Waals surface area (Å²) in [6.07, 6.45) is 35.9. The number of hydrogen-bond acceptors (Lipinski definition) is 4. The predicted molar refractivity (Wildman–Crippen MR) is 177 cm³/mol. The Hall–Kier alpha value is -1.14. The SMILES string of the molecule is CCCCCCCCCCCCCCCC(N)=O.CCCCCCCCCCCCCCCC(N)=O.NCCN. The average Bonchev–Trinajstić information content (AvgIpc) is 2.94. The lowest BCUT2D eigenvalue weighted by molar-refractivity contribution is -0.119. The lowest BCUT2D eigenvalue weighted by atomic mass is 10.0. The molecule has 242 valence electrons. The summed E-state index contributed by atoms with van der Waals surface area (Å²) < 4.78 is 0. The smallest absolute Gasteiger partial charge is 0.217 e. The van der Waals surface area contributed by atoms with Gasteiger partial charge in [0.15, 0.2) is 0 Å². The molecule has 0 heterocycles. The molecule has 0 bridgehead atoms. The van der Waals surface area contributed by atoms with Gasteiger partial charge in [0.1, 0.15) is 0 Å². The van der Waals surface area contributed by atoms with Crippen molar-refractivity contribution in [3.63, 3.8) is 0 Å². The van der Waals surface area contributed by atoms with Gasteiger partial charge in [-0.05, 0) is 12.8 Å². The lowest BCUT2D eigenvalue weighted by Gasteiger charge is -2.02. The largest absolute Gasteiger partial charge is 0.370 e.